The summed E-state index contributed by atoms with van der Waals surface area (Å²) in [4.78, 5) is 17.7. The molecule has 1 aliphatic rings. The van der Waals surface area contributed by atoms with Gasteiger partial charge in [-0.05, 0) is 53.2 Å². The highest BCUT2D eigenvalue weighted by molar-refractivity contribution is 8.18. The molecular formula is C44H28N4S2. The highest BCUT2D eigenvalue weighted by Gasteiger charge is 2.21. The maximum atomic E-state index is 5.10. The first-order valence-corrected chi connectivity index (χ1v) is 18.7. The van der Waals surface area contributed by atoms with E-state index in [-0.39, 0.29) is 10.5 Å². The number of hydrogen-bond donors (Lipinski definition) is 0. The lowest BCUT2D eigenvalue weighted by Gasteiger charge is -2.13. The fraction of sp³-hybridized carbons (Fsp3) is 0. The predicted octanol–water partition coefficient (Wildman–Crippen LogP) is 11.6. The van der Waals surface area contributed by atoms with E-state index < -0.39 is 0 Å². The van der Waals surface area contributed by atoms with Crippen molar-refractivity contribution in [3.8, 4) is 39.9 Å². The maximum Gasteiger partial charge on any atom is 0.164 e. The molecule has 4 heterocycles. The summed E-state index contributed by atoms with van der Waals surface area (Å²) in [6.07, 6.45) is 2.31. The second-order valence-corrected chi connectivity index (χ2v) is 15.1. The summed E-state index contributed by atoms with van der Waals surface area (Å²) in [7, 11) is -0.244. The van der Waals surface area contributed by atoms with Crippen LogP contribution in [0.4, 0.5) is 0 Å². The van der Waals surface area contributed by atoms with Crippen LogP contribution >= 0.6 is 21.8 Å². The van der Waals surface area contributed by atoms with Gasteiger partial charge >= 0.3 is 0 Å². The molecule has 0 saturated heterocycles. The standard InChI is InChI=1S/C44H28N4S2/c1-4-13-29(14-5-1)42-45-43(30-15-6-2-7-16-30)47-44(46-42)35-20-12-22-40-41(35)36-28-50(26-25-39(36)49-40)32-23-24-34-33-19-10-11-21-37(33)48(38(34)27-32)31-17-8-3-9-18-31/h1-28H. The molecule has 0 radical (unpaired) electrons. The van der Waals surface area contributed by atoms with Gasteiger partial charge in [0.15, 0.2) is 17.5 Å². The second kappa shape index (κ2) is 11.9. The quantitative estimate of drug-likeness (QED) is 0.170. The number of aromatic nitrogens is 4. The van der Waals surface area contributed by atoms with Crippen LogP contribution in [-0.4, -0.2) is 24.9 Å². The first kappa shape index (κ1) is 29.0. The molecule has 0 amide bonds. The van der Waals surface area contributed by atoms with Gasteiger partial charge in [-0.15, -0.1) is 21.8 Å². The van der Waals surface area contributed by atoms with E-state index in [1.165, 1.54) is 52.9 Å². The van der Waals surface area contributed by atoms with Crippen molar-refractivity contribution >= 4 is 65.2 Å². The molecule has 0 aliphatic carbocycles. The van der Waals surface area contributed by atoms with Crippen LogP contribution in [0.15, 0.2) is 162 Å². The summed E-state index contributed by atoms with van der Waals surface area (Å²) in [6, 6.07) is 53.2. The van der Waals surface area contributed by atoms with Crippen molar-refractivity contribution in [2.45, 2.75) is 4.90 Å². The Kier molecular flexibility index (Phi) is 6.89. The largest absolute Gasteiger partial charge is 0.309 e. The molecule has 10 rings (SSSR count). The van der Waals surface area contributed by atoms with Crippen molar-refractivity contribution in [2.75, 3.05) is 0 Å². The van der Waals surface area contributed by atoms with Crippen molar-refractivity contribution in [1.82, 2.24) is 19.5 Å². The van der Waals surface area contributed by atoms with E-state index in [4.69, 9.17) is 15.0 Å². The van der Waals surface area contributed by atoms with Gasteiger partial charge in [0.25, 0.3) is 0 Å². The first-order valence-electron chi connectivity index (χ1n) is 16.5. The van der Waals surface area contributed by atoms with Gasteiger partial charge in [0.1, 0.15) is 0 Å². The van der Waals surface area contributed by atoms with Crippen LogP contribution < -0.4 is 0 Å². The smallest absolute Gasteiger partial charge is 0.164 e. The molecule has 1 aliphatic heterocycles. The lowest BCUT2D eigenvalue weighted by molar-refractivity contribution is 1.08. The number of hydrogen-bond acceptors (Lipinski definition) is 4. The van der Waals surface area contributed by atoms with Crippen LogP contribution in [0, 0.1) is 0 Å². The maximum absolute atomic E-state index is 5.10. The first-order chi connectivity index (χ1) is 24.8. The van der Waals surface area contributed by atoms with E-state index in [9.17, 15) is 0 Å². The highest BCUT2D eigenvalue weighted by atomic mass is 32.2. The molecule has 0 saturated carbocycles. The van der Waals surface area contributed by atoms with Gasteiger partial charge in [-0.1, -0.05) is 115 Å². The molecule has 6 aromatic carbocycles. The summed E-state index contributed by atoms with van der Waals surface area (Å²) in [5.41, 5.74) is 7.80. The fourth-order valence-corrected chi connectivity index (χ4v) is 9.85. The molecule has 0 spiro atoms. The Morgan fingerprint density at radius 3 is 1.92 bits per heavy atom. The Hall–Kier alpha value is -5.95. The van der Waals surface area contributed by atoms with Gasteiger partial charge in [-0.3, -0.25) is 0 Å². The lowest BCUT2D eigenvalue weighted by atomic mass is 10.0. The summed E-state index contributed by atoms with van der Waals surface area (Å²) >= 11 is 1.82. The Morgan fingerprint density at radius 2 is 1.18 bits per heavy atom. The molecule has 1 atom stereocenters. The van der Waals surface area contributed by atoms with E-state index in [1.54, 1.807) is 0 Å². The summed E-state index contributed by atoms with van der Waals surface area (Å²) in [6.45, 7) is 0. The highest BCUT2D eigenvalue weighted by Crippen LogP contribution is 2.44. The van der Waals surface area contributed by atoms with Crippen LogP contribution in [0.25, 0.3) is 77.8 Å². The van der Waals surface area contributed by atoms with Gasteiger partial charge in [0.2, 0.25) is 0 Å². The zero-order valence-electron chi connectivity index (χ0n) is 26.8. The van der Waals surface area contributed by atoms with Crippen molar-refractivity contribution in [2.24, 2.45) is 0 Å². The monoisotopic (exact) mass is 676 g/mol. The normalized spacial score (nSPS) is 13.9. The number of benzene rings is 6. The molecular weight excluding hydrogens is 649 g/mol. The average molecular weight is 677 g/mol. The number of nitrogens with zero attached hydrogens (tertiary/aromatic N) is 4. The van der Waals surface area contributed by atoms with Gasteiger partial charge in [0, 0.05) is 58.6 Å². The Morgan fingerprint density at radius 1 is 0.540 bits per heavy atom. The molecule has 236 valence electrons. The molecule has 6 heteroatoms. The molecule has 0 fully saturated rings. The predicted molar refractivity (Wildman–Crippen MR) is 212 cm³/mol. The Balaban J connectivity index is 1.15. The van der Waals surface area contributed by atoms with Crippen LogP contribution in [0.3, 0.4) is 0 Å². The van der Waals surface area contributed by atoms with Gasteiger partial charge in [-0.2, -0.15) is 0 Å². The Labute approximate surface area is 295 Å². The molecule has 9 aromatic rings. The molecule has 50 heavy (non-hydrogen) atoms. The lowest BCUT2D eigenvalue weighted by Crippen LogP contribution is -2.00. The minimum atomic E-state index is -0.244. The van der Waals surface area contributed by atoms with E-state index >= 15 is 0 Å². The van der Waals surface area contributed by atoms with Gasteiger partial charge in [0.05, 0.1) is 11.0 Å². The van der Waals surface area contributed by atoms with Crippen LogP contribution in [0.5, 0.6) is 0 Å². The summed E-state index contributed by atoms with van der Waals surface area (Å²) < 4.78 is 3.62. The van der Waals surface area contributed by atoms with Crippen LogP contribution in [0.1, 0.15) is 10.4 Å². The minimum Gasteiger partial charge on any atom is -0.309 e. The van der Waals surface area contributed by atoms with E-state index in [1.807, 2.05) is 47.7 Å². The minimum absolute atomic E-state index is 0.244. The van der Waals surface area contributed by atoms with Crippen LogP contribution in [0.2, 0.25) is 0 Å². The van der Waals surface area contributed by atoms with E-state index in [2.05, 4.69) is 137 Å². The molecule has 4 nitrogen and oxygen atoms in total. The molecule has 0 N–H and O–H groups in total. The van der Waals surface area contributed by atoms with Crippen molar-refractivity contribution in [3.63, 3.8) is 0 Å². The van der Waals surface area contributed by atoms with Crippen molar-refractivity contribution in [1.29, 1.82) is 0 Å². The van der Waals surface area contributed by atoms with E-state index in [0.717, 1.165) is 16.7 Å². The molecule has 0 bridgehead atoms. The third-order valence-corrected chi connectivity index (χ3v) is 12.1. The number of para-hydroxylation sites is 2. The third kappa shape index (κ3) is 4.84. The summed E-state index contributed by atoms with van der Waals surface area (Å²) in [5, 5.41) is 8.53. The second-order valence-electron chi connectivity index (χ2n) is 12.3. The van der Waals surface area contributed by atoms with Crippen molar-refractivity contribution < 1.29 is 0 Å². The third-order valence-electron chi connectivity index (χ3n) is 9.26. The van der Waals surface area contributed by atoms with Crippen LogP contribution in [-0.2, 0) is 0 Å². The topological polar surface area (TPSA) is 43.6 Å². The van der Waals surface area contributed by atoms with Gasteiger partial charge < -0.3 is 4.57 Å². The zero-order chi connectivity index (χ0) is 33.0. The molecule has 3 aromatic heterocycles. The molecule has 1 unspecified atom stereocenters. The Bertz CT molecular complexity index is 2740. The SMILES string of the molecule is C1=CS(c2ccc3c4ccccc4n(-c4ccccc4)c3c2)=Cc2c1sc1cccc(-c3nc(-c4ccccc4)nc(-c4ccccc4)n3)c21. The zero-order valence-corrected chi connectivity index (χ0v) is 28.4. The number of fused-ring (bicyclic) bond motifs is 6. The number of rotatable bonds is 5. The number of thiophene rings is 1. The average Bonchev–Trinajstić information content (AvgIpc) is 3.74. The van der Waals surface area contributed by atoms with Gasteiger partial charge in [-0.25, -0.2) is 15.0 Å². The van der Waals surface area contributed by atoms with E-state index in [0.29, 0.717) is 17.5 Å². The fourth-order valence-electron chi connectivity index (χ4n) is 6.95. The van der Waals surface area contributed by atoms with Crippen molar-refractivity contribution in [3.05, 3.63) is 168 Å². The summed E-state index contributed by atoms with van der Waals surface area (Å²) in [5.74, 6) is 2.02.